The highest BCUT2D eigenvalue weighted by Gasteiger charge is 2.26. The molecule has 2 rings (SSSR count). The van der Waals surface area contributed by atoms with Gasteiger partial charge >= 0.3 is 5.97 Å². The third-order valence-electron chi connectivity index (χ3n) is 3.79. The van der Waals surface area contributed by atoms with Gasteiger partial charge in [-0.05, 0) is 24.5 Å². The average molecular weight is 233 g/mol. The zero-order valence-electron chi connectivity index (χ0n) is 10.3. The Hall–Kier alpha value is -1.35. The number of hydrogen-bond acceptors (Lipinski definition) is 2. The van der Waals surface area contributed by atoms with Crippen molar-refractivity contribution in [2.45, 2.75) is 32.2 Å². The van der Waals surface area contributed by atoms with Crippen LogP contribution in [-0.4, -0.2) is 23.7 Å². The van der Waals surface area contributed by atoms with Crippen LogP contribution in [0.25, 0.3) is 0 Å². The van der Waals surface area contributed by atoms with Crippen molar-refractivity contribution in [2.24, 2.45) is 5.92 Å². The van der Waals surface area contributed by atoms with Crippen molar-refractivity contribution < 1.29 is 9.90 Å². The van der Waals surface area contributed by atoms with Crippen molar-refractivity contribution in [3.8, 4) is 0 Å². The molecule has 3 nitrogen and oxygen atoms in total. The Morgan fingerprint density at radius 3 is 2.82 bits per heavy atom. The molecule has 0 fully saturated rings. The summed E-state index contributed by atoms with van der Waals surface area (Å²) in [7, 11) is 0. The molecule has 0 aliphatic heterocycles. The number of carboxylic acid groups (broad SMARTS) is 1. The Kier molecular flexibility index (Phi) is 3.48. The molecule has 0 aromatic heterocycles. The molecule has 0 saturated carbocycles. The fraction of sp³-hybridized carbons (Fsp3) is 0.500. The Bertz CT molecular complexity index is 416. The van der Waals surface area contributed by atoms with E-state index in [2.05, 4.69) is 29.6 Å². The summed E-state index contributed by atoms with van der Waals surface area (Å²) in [5.41, 5.74) is 2.84. The van der Waals surface area contributed by atoms with Crippen LogP contribution in [0.4, 0.5) is 0 Å². The fourth-order valence-electron chi connectivity index (χ4n) is 2.26. The third kappa shape index (κ3) is 2.50. The number of fused-ring (bicyclic) bond motifs is 1. The number of carboxylic acids is 1. The van der Waals surface area contributed by atoms with Gasteiger partial charge in [0.15, 0.2) is 0 Å². The summed E-state index contributed by atoms with van der Waals surface area (Å²) < 4.78 is 0. The van der Waals surface area contributed by atoms with Crippen LogP contribution in [0.1, 0.15) is 30.9 Å². The number of hydrogen-bond donors (Lipinski definition) is 2. The summed E-state index contributed by atoms with van der Waals surface area (Å²) in [4.78, 5) is 10.8. The number of nitrogens with one attached hydrogen (secondary N) is 1. The Balaban J connectivity index is 1.83. The van der Waals surface area contributed by atoms with Gasteiger partial charge in [-0.1, -0.05) is 31.2 Å². The lowest BCUT2D eigenvalue weighted by atomic mass is 9.77. The van der Waals surface area contributed by atoms with Crippen molar-refractivity contribution in [3.05, 3.63) is 35.4 Å². The lowest BCUT2D eigenvalue weighted by Gasteiger charge is -2.32. The van der Waals surface area contributed by atoms with Crippen LogP contribution in [0, 0.1) is 5.92 Å². The molecule has 0 radical (unpaired) electrons. The molecule has 0 bridgehead atoms. The van der Waals surface area contributed by atoms with E-state index in [0.717, 1.165) is 13.0 Å². The van der Waals surface area contributed by atoms with Crippen LogP contribution in [0.3, 0.4) is 0 Å². The van der Waals surface area contributed by atoms with Gasteiger partial charge < -0.3 is 10.4 Å². The first-order chi connectivity index (χ1) is 8.09. The van der Waals surface area contributed by atoms with E-state index in [1.807, 2.05) is 6.92 Å². The molecular formula is C14H19NO2. The summed E-state index contributed by atoms with van der Waals surface area (Å²) in [5, 5.41) is 12.2. The molecular weight excluding hydrogens is 214 g/mol. The van der Waals surface area contributed by atoms with E-state index < -0.39 is 5.97 Å². The second kappa shape index (κ2) is 4.88. The van der Waals surface area contributed by atoms with Gasteiger partial charge in [0.25, 0.3) is 0 Å². The Morgan fingerprint density at radius 2 is 2.18 bits per heavy atom. The standard InChI is InChI=1S/C14H19NO2/c1-9(14(16)17)10(2)15-8-12-7-11-5-3-4-6-13(11)12/h3-6,9-10,12,15H,7-8H2,1-2H3,(H,16,17). The van der Waals surface area contributed by atoms with Crippen molar-refractivity contribution in [1.29, 1.82) is 0 Å². The van der Waals surface area contributed by atoms with Gasteiger partial charge in [0.05, 0.1) is 5.92 Å². The first-order valence-electron chi connectivity index (χ1n) is 6.13. The van der Waals surface area contributed by atoms with E-state index >= 15 is 0 Å². The largest absolute Gasteiger partial charge is 0.481 e. The molecule has 0 spiro atoms. The van der Waals surface area contributed by atoms with Crippen LogP contribution in [-0.2, 0) is 11.2 Å². The van der Waals surface area contributed by atoms with Crippen molar-refractivity contribution >= 4 is 5.97 Å². The molecule has 3 unspecified atom stereocenters. The first kappa shape index (κ1) is 12.1. The van der Waals surface area contributed by atoms with Crippen molar-refractivity contribution in [1.82, 2.24) is 5.32 Å². The van der Waals surface area contributed by atoms with Crippen LogP contribution in [0.15, 0.2) is 24.3 Å². The zero-order valence-corrected chi connectivity index (χ0v) is 10.3. The Morgan fingerprint density at radius 1 is 1.47 bits per heavy atom. The van der Waals surface area contributed by atoms with E-state index in [-0.39, 0.29) is 12.0 Å². The van der Waals surface area contributed by atoms with Crippen LogP contribution in [0.5, 0.6) is 0 Å². The summed E-state index contributed by atoms with van der Waals surface area (Å²) in [6, 6.07) is 8.47. The zero-order chi connectivity index (χ0) is 12.4. The monoisotopic (exact) mass is 233 g/mol. The highest BCUT2D eigenvalue weighted by Crippen LogP contribution is 2.34. The van der Waals surface area contributed by atoms with E-state index in [1.165, 1.54) is 11.1 Å². The van der Waals surface area contributed by atoms with E-state index in [0.29, 0.717) is 5.92 Å². The number of aliphatic carboxylic acids is 1. The van der Waals surface area contributed by atoms with Gasteiger partial charge in [0, 0.05) is 18.5 Å². The predicted octanol–water partition coefficient (Wildman–Crippen LogP) is 2.03. The molecule has 1 aromatic carbocycles. The van der Waals surface area contributed by atoms with Gasteiger partial charge in [0.2, 0.25) is 0 Å². The molecule has 3 heteroatoms. The van der Waals surface area contributed by atoms with E-state index in [9.17, 15) is 4.79 Å². The number of rotatable bonds is 5. The Labute approximate surface area is 102 Å². The molecule has 1 aliphatic carbocycles. The number of benzene rings is 1. The second-order valence-corrected chi connectivity index (χ2v) is 4.92. The van der Waals surface area contributed by atoms with E-state index in [4.69, 9.17) is 5.11 Å². The molecule has 2 N–H and O–H groups in total. The second-order valence-electron chi connectivity index (χ2n) is 4.92. The molecule has 3 atom stereocenters. The summed E-state index contributed by atoms with van der Waals surface area (Å²) in [6.07, 6.45) is 1.11. The van der Waals surface area contributed by atoms with E-state index in [1.54, 1.807) is 6.92 Å². The maximum Gasteiger partial charge on any atom is 0.307 e. The van der Waals surface area contributed by atoms with Gasteiger partial charge in [0.1, 0.15) is 0 Å². The third-order valence-corrected chi connectivity index (χ3v) is 3.79. The average Bonchev–Trinajstić information content (AvgIpc) is 2.29. The smallest absolute Gasteiger partial charge is 0.307 e. The summed E-state index contributed by atoms with van der Waals surface area (Å²) >= 11 is 0. The van der Waals surface area contributed by atoms with Crippen LogP contribution >= 0.6 is 0 Å². The molecule has 17 heavy (non-hydrogen) atoms. The number of carbonyl (C=O) groups is 1. The van der Waals surface area contributed by atoms with Crippen LogP contribution < -0.4 is 5.32 Å². The molecule has 92 valence electrons. The van der Waals surface area contributed by atoms with Gasteiger partial charge in [-0.15, -0.1) is 0 Å². The maximum atomic E-state index is 10.8. The minimum atomic E-state index is -0.737. The summed E-state index contributed by atoms with van der Waals surface area (Å²) in [6.45, 7) is 4.55. The van der Waals surface area contributed by atoms with Gasteiger partial charge in [-0.25, -0.2) is 0 Å². The normalized spacial score (nSPS) is 21.2. The maximum absolute atomic E-state index is 10.8. The minimum Gasteiger partial charge on any atom is -0.481 e. The summed E-state index contributed by atoms with van der Waals surface area (Å²) in [5.74, 6) is -0.529. The van der Waals surface area contributed by atoms with Crippen molar-refractivity contribution in [2.75, 3.05) is 6.54 Å². The highest BCUT2D eigenvalue weighted by atomic mass is 16.4. The van der Waals surface area contributed by atoms with Crippen molar-refractivity contribution in [3.63, 3.8) is 0 Å². The van der Waals surface area contributed by atoms with Crippen LogP contribution in [0.2, 0.25) is 0 Å². The lowest BCUT2D eigenvalue weighted by molar-refractivity contribution is -0.141. The molecule has 1 aromatic rings. The quantitative estimate of drug-likeness (QED) is 0.818. The molecule has 0 amide bonds. The lowest BCUT2D eigenvalue weighted by Crippen LogP contribution is -2.40. The highest BCUT2D eigenvalue weighted by molar-refractivity contribution is 5.70. The molecule has 0 saturated heterocycles. The SMILES string of the molecule is CC(NCC1Cc2ccccc21)C(C)C(=O)O. The molecule has 0 heterocycles. The van der Waals surface area contributed by atoms with Gasteiger partial charge in [-0.3, -0.25) is 4.79 Å². The first-order valence-corrected chi connectivity index (χ1v) is 6.13. The van der Waals surface area contributed by atoms with Gasteiger partial charge in [-0.2, -0.15) is 0 Å². The topological polar surface area (TPSA) is 49.3 Å². The minimum absolute atomic E-state index is 0.0141. The predicted molar refractivity (Wildman–Crippen MR) is 67.2 cm³/mol. The fourth-order valence-corrected chi connectivity index (χ4v) is 2.26. The molecule has 1 aliphatic rings.